The summed E-state index contributed by atoms with van der Waals surface area (Å²) in [6, 6.07) is -0.969. The molecule has 7 atom stereocenters. The van der Waals surface area contributed by atoms with Crippen molar-refractivity contribution in [1.82, 2.24) is 0 Å². The van der Waals surface area contributed by atoms with Gasteiger partial charge in [0.1, 0.15) is 31.9 Å². The Hall–Kier alpha value is -1.54. The molecule has 0 bridgehead atoms. The van der Waals surface area contributed by atoms with Gasteiger partial charge in [-0.15, -0.1) is 0 Å². The Balaban J connectivity index is 2.40. The molecule has 0 aliphatic carbocycles. The summed E-state index contributed by atoms with van der Waals surface area (Å²) in [5.74, 6) is -3.34. The lowest BCUT2D eigenvalue weighted by molar-refractivity contribution is -0.338. The third-order valence-corrected chi connectivity index (χ3v) is 4.64. The number of esters is 1. The maximum Gasteiger partial charge on any atom is 0.366 e. The molecule has 0 aromatic heterocycles. The Bertz CT molecular complexity index is 602. The second-order valence-corrected chi connectivity index (χ2v) is 6.71. The molecule has 0 aromatic rings. The second kappa shape index (κ2) is 11.7. The van der Waals surface area contributed by atoms with Crippen molar-refractivity contribution in [2.24, 2.45) is 5.11 Å². The van der Waals surface area contributed by atoms with E-state index in [4.69, 9.17) is 43.4 Å². The molecule has 2 heterocycles. The second-order valence-electron chi connectivity index (χ2n) is 6.71. The van der Waals surface area contributed by atoms with Crippen LogP contribution in [0.3, 0.4) is 0 Å². The summed E-state index contributed by atoms with van der Waals surface area (Å²) in [6.45, 7) is 3.19. The number of hydrogen-bond acceptors (Lipinski definition) is 11. The maximum atomic E-state index is 12.4. The molecule has 0 saturated carbocycles. The smallest absolute Gasteiger partial charge is 0.366 e. The van der Waals surface area contributed by atoms with Crippen molar-refractivity contribution in [3.8, 4) is 0 Å². The molecule has 172 valence electrons. The Labute approximate surface area is 174 Å². The Morgan fingerprint density at radius 1 is 1.23 bits per heavy atom. The molecule has 2 fully saturated rings. The van der Waals surface area contributed by atoms with E-state index in [1.807, 2.05) is 0 Å². The summed E-state index contributed by atoms with van der Waals surface area (Å²) in [6.07, 6.45) is -4.61. The number of carbonyl (C=O) groups is 1. The minimum atomic E-state index is -2.35. The highest BCUT2D eigenvalue weighted by Gasteiger charge is 2.56. The molecular weight excluding hydrogens is 406 g/mol. The SMILES string of the molecule is CCOC(=O)[C@]1(O)C[C@@H](OCOC)[C@@H](N=[N+]=[N-])C(C2OC(C)OCC2OCOC)O1. The molecule has 0 aromatic carbocycles. The number of rotatable bonds is 10. The van der Waals surface area contributed by atoms with Crippen LogP contribution in [0.1, 0.15) is 20.3 Å². The normalized spacial score (nSPS) is 36.7. The topological polar surface area (TPSA) is 160 Å². The molecular formula is C17H29N3O10. The van der Waals surface area contributed by atoms with E-state index in [2.05, 4.69) is 10.0 Å². The van der Waals surface area contributed by atoms with Gasteiger partial charge in [-0.2, -0.15) is 0 Å². The molecule has 30 heavy (non-hydrogen) atoms. The maximum absolute atomic E-state index is 12.4. The van der Waals surface area contributed by atoms with E-state index < -0.39 is 48.5 Å². The van der Waals surface area contributed by atoms with Crippen LogP contribution < -0.4 is 0 Å². The summed E-state index contributed by atoms with van der Waals surface area (Å²) >= 11 is 0. The first-order valence-corrected chi connectivity index (χ1v) is 9.49. The molecule has 0 spiro atoms. The van der Waals surface area contributed by atoms with Gasteiger partial charge in [0, 0.05) is 25.6 Å². The highest BCUT2D eigenvalue weighted by molar-refractivity contribution is 5.77. The minimum absolute atomic E-state index is 0.0307. The fraction of sp³-hybridized carbons (Fsp3) is 0.941. The predicted molar refractivity (Wildman–Crippen MR) is 97.8 cm³/mol. The van der Waals surface area contributed by atoms with Gasteiger partial charge in [0.25, 0.3) is 5.79 Å². The number of nitrogens with zero attached hydrogens (tertiary/aromatic N) is 3. The zero-order valence-corrected chi connectivity index (χ0v) is 17.5. The quantitative estimate of drug-likeness (QED) is 0.168. The average Bonchev–Trinajstić information content (AvgIpc) is 2.73. The Kier molecular flexibility index (Phi) is 9.68. The molecule has 13 nitrogen and oxygen atoms in total. The zero-order chi connectivity index (χ0) is 22.1. The van der Waals surface area contributed by atoms with E-state index in [-0.39, 0.29) is 33.2 Å². The number of methoxy groups -OCH3 is 2. The number of hydrogen-bond donors (Lipinski definition) is 1. The van der Waals surface area contributed by atoms with Crippen molar-refractivity contribution < 1.29 is 47.8 Å². The fourth-order valence-corrected chi connectivity index (χ4v) is 3.36. The Morgan fingerprint density at radius 2 is 1.90 bits per heavy atom. The van der Waals surface area contributed by atoms with Gasteiger partial charge in [-0.05, 0) is 19.4 Å². The standard InChI is InChI=1S/C17H29N3O10/c1-5-25-16(21)17(22)6-11(27-8-23-3)13(19-20-18)15(30-17)14-12(28-9-24-4)7-26-10(2)29-14/h10-15,22H,5-9H2,1-4H3/t10?,11-,12?,13-,14?,15?,17+/m1/s1. The monoisotopic (exact) mass is 435 g/mol. The van der Waals surface area contributed by atoms with Crippen LogP contribution in [0, 0.1) is 0 Å². The van der Waals surface area contributed by atoms with Crippen LogP contribution in [0.2, 0.25) is 0 Å². The van der Waals surface area contributed by atoms with Crippen LogP contribution >= 0.6 is 0 Å². The summed E-state index contributed by atoms with van der Waals surface area (Å²) in [4.78, 5) is 15.3. The van der Waals surface area contributed by atoms with Crippen molar-refractivity contribution in [3.63, 3.8) is 0 Å². The summed E-state index contributed by atoms with van der Waals surface area (Å²) < 4.78 is 43.1. The molecule has 0 amide bonds. The Morgan fingerprint density at radius 3 is 2.50 bits per heavy atom. The number of ether oxygens (including phenoxy) is 8. The van der Waals surface area contributed by atoms with Crippen LogP contribution in [0.25, 0.3) is 10.4 Å². The molecule has 1 N–H and O–H groups in total. The van der Waals surface area contributed by atoms with Gasteiger partial charge < -0.3 is 43.0 Å². The summed E-state index contributed by atoms with van der Waals surface area (Å²) in [5, 5.41) is 14.7. The first-order chi connectivity index (χ1) is 14.4. The number of azide groups is 1. The first-order valence-electron chi connectivity index (χ1n) is 9.49. The largest absolute Gasteiger partial charge is 0.462 e. The predicted octanol–water partition coefficient (Wildman–Crippen LogP) is 0.446. The number of carbonyl (C=O) groups excluding carboxylic acids is 1. The fourth-order valence-electron chi connectivity index (χ4n) is 3.36. The lowest BCUT2D eigenvalue weighted by atomic mass is 9.88. The van der Waals surface area contributed by atoms with E-state index in [1.54, 1.807) is 13.8 Å². The lowest BCUT2D eigenvalue weighted by Gasteiger charge is -2.48. The van der Waals surface area contributed by atoms with Gasteiger partial charge in [0.15, 0.2) is 6.29 Å². The van der Waals surface area contributed by atoms with Crippen LogP contribution in [0.15, 0.2) is 5.11 Å². The van der Waals surface area contributed by atoms with Crippen molar-refractivity contribution in [2.75, 3.05) is 41.0 Å². The molecule has 2 rings (SSSR count). The van der Waals surface area contributed by atoms with Crippen LogP contribution in [0.4, 0.5) is 0 Å². The molecule has 4 unspecified atom stereocenters. The van der Waals surface area contributed by atoms with Gasteiger partial charge in [-0.1, -0.05) is 5.11 Å². The van der Waals surface area contributed by atoms with Crippen molar-refractivity contribution in [3.05, 3.63) is 10.4 Å². The van der Waals surface area contributed by atoms with Crippen LogP contribution in [-0.4, -0.2) is 94.6 Å². The van der Waals surface area contributed by atoms with Gasteiger partial charge in [0.05, 0.1) is 25.4 Å². The third-order valence-electron chi connectivity index (χ3n) is 4.64. The summed E-state index contributed by atoms with van der Waals surface area (Å²) in [5.41, 5.74) is 9.11. The highest BCUT2D eigenvalue weighted by Crippen LogP contribution is 2.37. The summed E-state index contributed by atoms with van der Waals surface area (Å²) in [7, 11) is 2.87. The van der Waals surface area contributed by atoms with Crippen molar-refractivity contribution in [2.45, 2.75) is 62.8 Å². The molecule has 0 radical (unpaired) electrons. The number of aliphatic hydroxyl groups is 1. The highest BCUT2D eigenvalue weighted by atomic mass is 16.7. The zero-order valence-electron chi connectivity index (χ0n) is 17.5. The van der Waals surface area contributed by atoms with Crippen molar-refractivity contribution in [1.29, 1.82) is 0 Å². The molecule has 2 saturated heterocycles. The van der Waals surface area contributed by atoms with Gasteiger partial charge in [-0.25, -0.2) is 4.79 Å². The third kappa shape index (κ3) is 6.00. The minimum Gasteiger partial charge on any atom is -0.462 e. The van der Waals surface area contributed by atoms with E-state index in [1.165, 1.54) is 14.2 Å². The van der Waals surface area contributed by atoms with Gasteiger partial charge in [-0.3, -0.25) is 0 Å². The molecule has 2 aliphatic heterocycles. The lowest BCUT2D eigenvalue weighted by Crippen LogP contribution is -2.65. The van der Waals surface area contributed by atoms with Crippen LogP contribution in [-0.2, 0) is 42.7 Å². The van der Waals surface area contributed by atoms with E-state index >= 15 is 0 Å². The van der Waals surface area contributed by atoms with Gasteiger partial charge >= 0.3 is 5.97 Å². The van der Waals surface area contributed by atoms with E-state index in [0.717, 1.165) is 0 Å². The van der Waals surface area contributed by atoms with E-state index in [9.17, 15) is 9.90 Å². The molecule has 13 heteroatoms. The average molecular weight is 435 g/mol. The first kappa shape index (κ1) is 24.7. The van der Waals surface area contributed by atoms with E-state index in [0.29, 0.717) is 0 Å². The van der Waals surface area contributed by atoms with Crippen molar-refractivity contribution >= 4 is 5.97 Å². The van der Waals surface area contributed by atoms with Gasteiger partial charge in [0.2, 0.25) is 0 Å². The van der Waals surface area contributed by atoms with Crippen LogP contribution in [0.5, 0.6) is 0 Å². The molecule has 2 aliphatic rings.